The Hall–Kier alpha value is -1.84. The number of aryl methyl sites for hydroxylation is 1. The highest BCUT2D eigenvalue weighted by molar-refractivity contribution is 5.22. The first-order valence-corrected chi connectivity index (χ1v) is 8.74. The van der Waals surface area contributed by atoms with Gasteiger partial charge in [-0.15, -0.1) is 0 Å². The molecule has 3 nitrogen and oxygen atoms in total. The van der Waals surface area contributed by atoms with Gasteiger partial charge in [-0.25, -0.2) is 0 Å². The molecule has 0 heterocycles. The summed E-state index contributed by atoms with van der Waals surface area (Å²) in [6.07, 6.45) is 0.544. The summed E-state index contributed by atoms with van der Waals surface area (Å²) < 4.78 is 5.67. The normalized spacial score (nSPS) is 13.7. The van der Waals surface area contributed by atoms with Crippen molar-refractivity contribution in [1.82, 2.24) is 4.90 Å². The Bertz CT molecular complexity index is 583. The lowest BCUT2D eigenvalue weighted by Gasteiger charge is -2.30. The van der Waals surface area contributed by atoms with Crippen LogP contribution in [0.3, 0.4) is 0 Å². The second kappa shape index (κ2) is 9.45. The molecule has 130 valence electrons. The first-order valence-electron chi connectivity index (χ1n) is 8.74. The van der Waals surface area contributed by atoms with Crippen LogP contribution in [0.4, 0.5) is 0 Å². The standard InChI is InChI=1S/C21H29NO2/c1-4-18(3)22(14-19-12-10-17(2)11-13-19)15-20(23)16-24-21-8-6-5-7-9-21/h5-13,18,20,23H,4,14-16H2,1-3H3/t18-,20+/m0/s1. The molecule has 2 aromatic rings. The Morgan fingerprint density at radius 3 is 2.33 bits per heavy atom. The van der Waals surface area contributed by atoms with Gasteiger partial charge in [0.1, 0.15) is 18.5 Å². The third-order valence-electron chi connectivity index (χ3n) is 4.35. The fourth-order valence-corrected chi connectivity index (χ4v) is 2.62. The number of para-hydroxylation sites is 1. The molecule has 1 N–H and O–H groups in total. The largest absolute Gasteiger partial charge is 0.491 e. The molecule has 0 aliphatic carbocycles. The van der Waals surface area contributed by atoms with E-state index in [0.717, 1.165) is 18.7 Å². The molecule has 2 rings (SSSR count). The molecule has 0 radical (unpaired) electrons. The lowest BCUT2D eigenvalue weighted by molar-refractivity contribution is 0.0506. The van der Waals surface area contributed by atoms with Crippen molar-refractivity contribution in [1.29, 1.82) is 0 Å². The smallest absolute Gasteiger partial charge is 0.119 e. The minimum absolute atomic E-state index is 0.310. The third-order valence-corrected chi connectivity index (χ3v) is 4.35. The summed E-state index contributed by atoms with van der Waals surface area (Å²) in [5, 5.41) is 10.4. The molecule has 0 aliphatic heterocycles. The van der Waals surface area contributed by atoms with Crippen LogP contribution in [-0.2, 0) is 6.54 Å². The molecule has 0 saturated heterocycles. The lowest BCUT2D eigenvalue weighted by Crippen LogP contribution is -2.40. The Balaban J connectivity index is 1.91. The van der Waals surface area contributed by atoms with E-state index in [-0.39, 0.29) is 0 Å². The van der Waals surface area contributed by atoms with Gasteiger partial charge in [0.25, 0.3) is 0 Å². The molecule has 0 aromatic heterocycles. The van der Waals surface area contributed by atoms with Crippen molar-refractivity contribution in [2.45, 2.75) is 45.9 Å². The predicted octanol–water partition coefficient (Wildman–Crippen LogP) is 4.04. The summed E-state index contributed by atoms with van der Waals surface area (Å²) in [4.78, 5) is 2.32. The highest BCUT2D eigenvalue weighted by Gasteiger charge is 2.17. The number of aliphatic hydroxyl groups excluding tert-OH is 1. The van der Waals surface area contributed by atoms with Crippen LogP contribution in [0, 0.1) is 6.92 Å². The van der Waals surface area contributed by atoms with E-state index in [1.807, 2.05) is 30.3 Å². The molecule has 0 amide bonds. The van der Waals surface area contributed by atoms with Crippen LogP contribution in [-0.4, -0.2) is 35.3 Å². The molecule has 3 heteroatoms. The summed E-state index contributed by atoms with van der Waals surface area (Å²) in [7, 11) is 0. The van der Waals surface area contributed by atoms with Gasteiger partial charge in [-0.3, -0.25) is 4.90 Å². The van der Waals surface area contributed by atoms with Crippen molar-refractivity contribution < 1.29 is 9.84 Å². The Morgan fingerprint density at radius 1 is 1.04 bits per heavy atom. The molecular formula is C21H29NO2. The van der Waals surface area contributed by atoms with Gasteiger partial charge >= 0.3 is 0 Å². The van der Waals surface area contributed by atoms with E-state index >= 15 is 0 Å². The van der Waals surface area contributed by atoms with Gasteiger partial charge in [0.15, 0.2) is 0 Å². The van der Waals surface area contributed by atoms with E-state index in [1.54, 1.807) is 0 Å². The quantitative estimate of drug-likeness (QED) is 0.754. The molecule has 0 unspecified atom stereocenters. The fraction of sp³-hybridized carbons (Fsp3) is 0.429. The number of ether oxygens (including phenoxy) is 1. The van der Waals surface area contributed by atoms with Crippen molar-refractivity contribution >= 4 is 0 Å². The zero-order valence-corrected chi connectivity index (χ0v) is 15.0. The monoisotopic (exact) mass is 327 g/mol. The highest BCUT2D eigenvalue weighted by atomic mass is 16.5. The number of hydrogen-bond donors (Lipinski definition) is 1. The second-order valence-corrected chi connectivity index (χ2v) is 6.45. The summed E-state index contributed by atoms with van der Waals surface area (Å²) >= 11 is 0. The van der Waals surface area contributed by atoms with Gasteiger partial charge in [0, 0.05) is 19.1 Å². The van der Waals surface area contributed by atoms with E-state index in [4.69, 9.17) is 4.74 Å². The number of benzene rings is 2. The topological polar surface area (TPSA) is 32.7 Å². The summed E-state index contributed by atoms with van der Waals surface area (Å²) in [6.45, 7) is 8.25. The van der Waals surface area contributed by atoms with E-state index in [0.29, 0.717) is 19.2 Å². The van der Waals surface area contributed by atoms with E-state index < -0.39 is 6.10 Å². The SMILES string of the molecule is CC[C@H](C)N(Cc1ccc(C)cc1)C[C@@H](O)COc1ccccc1. The molecule has 2 aromatic carbocycles. The minimum Gasteiger partial charge on any atom is -0.491 e. The average Bonchev–Trinajstić information content (AvgIpc) is 2.61. The van der Waals surface area contributed by atoms with Crippen LogP contribution < -0.4 is 4.74 Å². The maximum absolute atomic E-state index is 10.4. The van der Waals surface area contributed by atoms with E-state index in [2.05, 4.69) is 49.9 Å². The maximum atomic E-state index is 10.4. The minimum atomic E-state index is -0.510. The Kier molecular flexibility index (Phi) is 7.29. The lowest BCUT2D eigenvalue weighted by atomic mass is 10.1. The molecule has 0 saturated carbocycles. The van der Waals surface area contributed by atoms with Crippen LogP contribution in [0.25, 0.3) is 0 Å². The number of hydrogen-bond acceptors (Lipinski definition) is 3. The molecular weight excluding hydrogens is 298 g/mol. The van der Waals surface area contributed by atoms with Gasteiger partial charge < -0.3 is 9.84 Å². The molecule has 0 fully saturated rings. The first kappa shape index (κ1) is 18.5. The number of nitrogens with zero attached hydrogens (tertiary/aromatic N) is 1. The van der Waals surface area contributed by atoms with Crippen molar-refractivity contribution in [3.63, 3.8) is 0 Å². The predicted molar refractivity (Wildman–Crippen MR) is 99.3 cm³/mol. The Morgan fingerprint density at radius 2 is 1.71 bits per heavy atom. The number of rotatable bonds is 9. The van der Waals surface area contributed by atoms with E-state index in [1.165, 1.54) is 11.1 Å². The summed E-state index contributed by atoms with van der Waals surface area (Å²) in [5.74, 6) is 0.796. The van der Waals surface area contributed by atoms with Gasteiger partial charge in [0.2, 0.25) is 0 Å². The van der Waals surface area contributed by atoms with Crippen LogP contribution >= 0.6 is 0 Å². The maximum Gasteiger partial charge on any atom is 0.119 e. The number of aliphatic hydroxyl groups is 1. The molecule has 0 spiro atoms. The average molecular weight is 327 g/mol. The van der Waals surface area contributed by atoms with Gasteiger partial charge in [-0.1, -0.05) is 55.0 Å². The van der Waals surface area contributed by atoms with Gasteiger partial charge in [-0.2, -0.15) is 0 Å². The molecule has 24 heavy (non-hydrogen) atoms. The van der Waals surface area contributed by atoms with Gasteiger partial charge in [-0.05, 0) is 38.0 Å². The second-order valence-electron chi connectivity index (χ2n) is 6.45. The molecule has 0 aliphatic rings. The summed E-state index contributed by atoms with van der Waals surface area (Å²) in [5.41, 5.74) is 2.54. The van der Waals surface area contributed by atoms with E-state index in [9.17, 15) is 5.11 Å². The van der Waals surface area contributed by atoms with Crippen molar-refractivity contribution in [2.75, 3.05) is 13.2 Å². The summed E-state index contributed by atoms with van der Waals surface area (Å²) in [6, 6.07) is 18.7. The van der Waals surface area contributed by atoms with Crippen LogP contribution in [0.5, 0.6) is 5.75 Å². The Labute approximate surface area is 145 Å². The zero-order valence-electron chi connectivity index (χ0n) is 15.0. The van der Waals surface area contributed by atoms with Gasteiger partial charge in [0.05, 0.1) is 0 Å². The van der Waals surface area contributed by atoms with Crippen molar-refractivity contribution in [3.05, 3.63) is 65.7 Å². The van der Waals surface area contributed by atoms with Crippen LogP contribution in [0.1, 0.15) is 31.4 Å². The third kappa shape index (κ3) is 5.99. The fourth-order valence-electron chi connectivity index (χ4n) is 2.62. The van der Waals surface area contributed by atoms with Crippen molar-refractivity contribution in [2.24, 2.45) is 0 Å². The molecule has 2 atom stereocenters. The van der Waals surface area contributed by atoms with Crippen LogP contribution in [0.2, 0.25) is 0 Å². The van der Waals surface area contributed by atoms with Crippen molar-refractivity contribution in [3.8, 4) is 5.75 Å². The first-order chi connectivity index (χ1) is 11.6. The van der Waals surface area contributed by atoms with Crippen LogP contribution in [0.15, 0.2) is 54.6 Å². The molecule has 0 bridgehead atoms. The zero-order chi connectivity index (χ0) is 17.4. The highest BCUT2D eigenvalue weighted by Crippen LogP contribution is 2.14.